The Morgan fingerprint density at radius 3 is 2.48 bits per heavy atom. The first-order chi connectivity index (χ1) is 13.7. The summed E-state index contributed by atoms with van der Waals surface area (Å²) < 4.78 is 16.7. The van der Waals surface area contributed by atoms with Gasteiger partial charge in [0.15, 0.2) is 0 Å². The summed E-state index contributed by atoms with van der Waals surface area (Å²) in [5, 5.41) is 6.18. The molecule has 0 aromatic rings. The lowest BCUT2D eigenvalue weighted by molar-refractivity contribution is -0.152. The van der Waals surface area contributed by atoms with Crippen LogP contribution in [0.5, 0.6) is 0 Å². The summed E-state index contributed by atoms with van der Waals surface area (Å²) in [5.41, 5.74) is 7.48. The zero-order valence-electron chi connectivity index (χ0n) is 17.6. The normalized spacial score (nSPS) is 13.3. The van der Waals surface area contributed by atoms with Gasteiger partial charge in [-0.15, -0.1) is 0 Å². The zero-order chi connectivity index (χ0) is 22.2. The van der Waals surface area contributed by atoms with E-state index in [0.29, 0.717) is 39.1 Å². The fourth-order valence-corrected chi connectivity index (χ4v) is 2.30. The third-order valence-electron chi connectivity index (χ3n) is 4.24. The molecule has 0 fully saturated rings. The number of nitrogens with zero attached hydrogens (tertiary/aromatic N) is 3. The van der Waals surface area contributed by atoms with Crippen molar-refractivity contribution in [3.05, 3.63) is 10.4 Å². The molecule has 0 saturated heterocycles. The minimum Gasteiger partial charge on any atom is -0.375 e. The summed E-state index contributed by atoms with van der Waals surface area (Å²) >= 11 is 3.51. The Labute approximate surface area is 177 Å². The van der Waals surface area contributed by atoms with Gasteiger partial charge in [-0.3, -0.25) is 4.79 Å². The van der Waals surface area contributed by atoms with Crippen molar-refractivity contribution >= 4 is 24.7 Å². The summed E-state index contributed by atoms with van der Waals surface area (Å²) in [6.07, 6.45) is 2.08. The fraction of sp³-hybridized carbons (Fsp3) is 0.882. The van der Waals surface area contributed by atoms with Gasteiger partial charge in [0.2, 0.25) is 5.91 Å². The third kappa shape index (κ3) is 15.0. The highest BCUT2D eigenvalue weighted by atomic mass is 32.1. The number of carbonyl (C=O) groups excluding carboxylic acids is 2. The van der Waals surface area contributed by atoms with Crippen LogP contribution < -0.4 is 10.2 Å². The van der Waals surface area contributed by atoms with Gasteiger partial charge in [-0.05, 0) is 45.6 Å². The molecule has 0 aliphatic rings. The van der Waals surface area contributed by atoms with Crippen LogP contribution in [0.1, 0.15) is 47.0 Å². The number of thiol groups is 1. The highest BCUT2D eigenvalue weighted by Gasteiger charge is 2.25. The number of amides is 1. The first-order valence-corrected chi connectivity index (χ1v) is 9.84. The van der Waals surface area contributed by atoms with Gasteiger partial charge in [0.25, 0.3) is 0 Å². The number of rotatable bonds is 17. The lowest BCUT2D eigenvalue weighted by Crippen LogP contribution is -2.37. The monoisotopic (exact) mass is 435 g/mol. The van der Waals surface area contributed by atoms with Gasteiger partial charge in [-0.2, -0.15) is 0 Å². The van der Waals surface area contributed by atoms with Crippen molar-refractivity contribution in [2.45, 2.75) is 58.2 Å². The molecule has 1 atom stereocenters. The van der Waals surface area contributed by atoms with Crippen molar-refractivity contribution in [2.75, 3.05) is 39.5 Å². The minimum atomic E-state index is -0.676. The van der Waals surface area contributed by atoms with Crippen LogP contribution >= 0.6 is 12.8 Å². The number of ether oxygens (including phenoxy) is 3. The number of carbonyl (C=O) groups is 2. The Kier molecular flexibility index (Phi) is 14.5. The maximum Gasteiger partial charge on any atom is 0.351 e. The molecule has 0 aromatic carbocycles. The van der Waals surface area contributed by atoms with E-state index >= 15 is 0 Å². The Bertz CT molecular complexity index is 544. The molecule has 1 amide bonds. The second kappa shape index (κ2) is 15.3. The molecule has 11 nitrogen and oxygen atoms in total. The van der Waals surface area contributed by atoms with Crippen LogP contribution in [0.25, 0.3) is 10.4 Å². The van der Waals surface area contributed by atoms with Crippen molar-refractivity contribution in [1.82, 2.24) is 10.2 Å². The second-order valence-corrected chi connectivity index (χ2v) is 7.31. The van der Waals surface area contributed by atoms with E-state index in [4.69, 9.17) is 19.7 Å². The van der Waals surface area contributed by atoms with E-state index in [9.17, 15) is 9.59 Å². The molecule has 0 bridgehead atoms. The molecule has 0 aliphatic heterocycles. The molecule has 0 heterocycles. The van der Waals surface area contributed by atoms with Gasteiger partial charge >= 0.3 is 5.97 Å². The maximum atomic E-state index is 11.7. The largest absolute Gasteiger partial charge is 0.375 e. The van der Waals surface area contributed by atoms with Crippen molar-refractivity contribution in [3.8, 4) is 0 Å². The van der Waals surface area contributed by atoms with Crippen molar-refractivity contribution in [3.63, 3.8) is 0 Å². The van der Waals surface area contributed by atoms with E-state index in [0.717, 1.165) is 6.42 Å². The third-order valence-corrected chi connectivity index (χ3v) is 4.33. The van der Waals surface area contributed by atoms with Gasteiger partial charge in [-0.25, -0.2) is 4.79 Å². The van der Waals surface area contributed by atoms with Crippen molar-refractivity contribution in [1.29, 1.82) is 0 Å². The summed E-state index contributed by atoms with van der Waals surface area (Å²) in [5.74, 6) is -1.01. The molecule has 0 rings (SSSR count). The molecule has 0 spiro atoms. The molecule has 2 N–H and O–H groups in total. The summed E-state index contributed by atoms with van der Waals surface area (Å²) in [4.78, 5) is 31.7. The van der Waals surface area contributed by atoms with Gasteiger partial charge in [0.05, 0.1) is 24.4 Å². The Morgan fingerprint density at radius 1 is 1.14 bits per heavy atom. The molecule has 12 heteroatoms. The van der Waals surface area contributed by atoms with Crippen LogP contribution in [-0.2, 0) is 28.6 Å². The van der Waals surface area contributed by atoms with E-state index in [1.54, 1.807) is 0 Å². The summed E-state index contributed by atoms with van der Waals surface area (Å²) in [6.45, 7) is 8.90. The molecule has 1 unspecified atom stereocenters. The Morgan fingerprint density at radius 2 is 1.86 bits per heavy atom. The predicted molar refractivity (Wildman–Crippen MR) is 110 cm³/mol. The van der Waals surface area contributed by atoms with E-state index in [1.807, 2.05) is 32.6 Å². The van der Waals surface area contributed by atoms with Gasteiger partial charge in [-0.1, -0.05) is 29.7 Å². The molecular formula is C17H33N5O6S. The lowest BCUT2D eigenvalue weighted by Gasteiger charge is -2.31. The van der Waals surface area contributed by atoms with Crippen LogP contribution in [0.15, 0.2) is 5.11 Å². The molecule has 0 saturated carbocycles. The highest BCUT2D eigenvalue weighted by molar-refractivity contribution is 7.77. The topological polar surface area (TPSA) is 144 Å². The number of hydrogen-bond acceptors (Lipinski definition) is 9. The van der Waals surface area contributed by atoms with Gasteiger partial charge < -0.3 is 24.4 Å². The van der Waals surface area contributed by atoms with E-state index in [1.165, 1.54) is 0 Å². The molecule has 168 valence electrons. The van der Waals surface area contributed by atoms with Crippen LogP contribution in [0, 0.1) is 0 Å². The molecule has 0 aliphatic carbocycles. The van der Waals surface area contributed by atoms with Crippen LogP contribution in [0.3, 0.4) is 0 Å². The van der Waals surface area contributed by atoms with Crippen LogP contribution in [0.4, 0.5) is 0 Å². The first kappa shape index (κ1) is 27.4. The zero-order valence-corrected chi connectivity index (χ0v) is 18.5. The summed E-state index contributed by atoms with van der Waals surface area (Å²) in [6, 6.07) is 0. The quantitative estimate of drug-likeness (QED) is 0.0792. The average molecular weight is 436 g/mol. The van der Waals surface area contributed by atoms with Crippen molar-refractivity contribution < 1.29 is 28.6 Å². The molecular weight excluding hydrogens is 402 g/mol. The van der Waals surface area contributed by atoms with E-state index in [2.05, 4.69) is 33.0 Å². The smallest absolute Gasteiger partial charge is 0.351 e. The van der Waals surface area contributed by atoms with Gasteiger partial charge in [0, 0.05) is 18.0 Å². The number of nitrogens with one attached hydrogen (secondary N) is 2. The Hall–Kier alpha value is -1.56. The first-order valence-electron chi connectivity index (χ1n) is 9.40. The maximum absolute atomic E-state index is 11.7. The van der Waals surface area contributed by atoms with Crippen molar-refractivity contribution in [2.24, 2.45) is 5.11 Å². The molecule has 0 aromatic heterocycles. The van der Waals surface area contributed by atoms with Crippen LogP contribution in [0.2, 0.25) is 0 Å². The number of hydrogen-bond donors (Lipinski definition) is 3. The summed E-state index contributed by atoms with van der Waals surface area (Å²) in [7, 11) is 0. The fourth-order valence-electron chi connectivity index (χ4n) is 2.20. The second-order valence-electron chi connectivity index (χ2n) is 7.12. The number of azide groups is 1. The van der Waals surface area contributed by atoms with E-state index in [-0.39, 0.29) is 19.1 Å². The van der Waals surface area contributed by atoms with Crippen LogP contribution in [-0.4, -0.2) is 62.6 Å². The molecule has 29 heavy (non-hydrogen) atoms. The van der Waals surface area contributed by atoms with E-state index < -0.39 is 17.2 Å². The lowest BCUT2D eigenvalue weighted by atomic mass is 9.98. The SMILES string of the molecule is CCC(C)(CCNC(=O)COCC(=O)ONS)OCCC(C)(C)OCCN=[N+]=[N-]. The highest BCUT2D eigenvalue weighted by Crippen LogP contribution is 2.22. The minimum absolute atomic E-state index is 0.243. The average Bonchev–Trinajstić information content (AvgIpc) is 2.65. The predicted octanol–water partition coefficient (Wildman–Crippen LogP) is 2.08. The standard InChI is InChI=1S/C17H33N5O6S/c1-5-17(4,27-10-7-16(2,3)26-11-9-20-21-18)6-8-19-14(23)12-25-13-15(24)28-22-29/h22,29H,5-13H2,1-4H3,(H,19,23). The Balaban J connectivity index is 4.10. The van der Waals surface area contributed by atoms with Gasteiger partial charge in [0.1, 0.15) is 13.2 Å². The molecule has 0 radical (unpaired) electrons.